The van der Waals surface area contributed by atoms with Crippen molar-refractivity contribution in [3.8, 4) is 5.69 Å². The Balaban J connectivity index is 1.43. The third-order valence-corrected chi connectivity index (χ3v) is 6.94. The van der Waals surface area contributed by atoms with Crippen LogP contribution in [0.3, 0.4) is 0 Å². The molecule has 176 valence electrons. The zero-order chi connectivity index (χ0) is 23.4. The number of benzene rings is 1. The number of nitrogens with zero attached hydrogens (tertiary/aromatic N) is 3. The van der Waals surface area contributed by atoms with E-state index in [1.54, 1.807) is 24.3 Å². The number of amides is 1. The number of piperidine rings is 1. The first-order chi connectivity index (χ1) is 16.0. The average molecular weight is 473 g/mol. The third-order valence-electron chi connectivity index (χ3n) is 6.58. The lowest BCUT2D eigenvalue weighted by atomic mass is 9.87. The van der Waals surface area contributed by atoms with Gasteiger partial charge in [0.25, 0.3) is 5.56 Å². The van der Waals surface area contributed by atoms with Gasteiger partial charge in [-0.1, -0.05) is 43.0 Å². The number of carbonyl (C=O) groups is 2. The van der Waals surface area contributed by atoms with Crippen molar-refractivity contribution in [3.63, 3.8) is 0 Å². The van der Waals surface area contributed by atoms with E-state index in [-0.39, 0.29) is 22.5 Å². The summed E-state index contributed by atoms with van der Waals surface area (Å²) in [6.45, 7) is 1.39. The smallest absolute Gasteiger partial charge is 0.340 e. The van der Waals surface area contributed by atoms with Crippen LogP contribution in [-0.2, 0) is 9.53 Å². The van der Waals surface area contributed by atoms with Gasteiger partial charge in [-0.3, -0.25) is 9.59 Å². The highest BCUT2D eigenvalue weighted by Crippen LogP contribution is 2.28. The van der Waals surface area contributed by atoms with Crippen molar-refractivity contribution in [2.24, 2.45) is 5.92 Å². The molecule has 1 amide bonds. The molecule has 4 rings (SSSR count). The quantitative estimate of drug-likeness (QED) is 0.667. The molecule has 1 aromatic carbocycles. The summed E-state index contributed by atoms with van der Waals surface area (Å²) in [6.07, 6.45) is 8.60. The largest absolute Gasteiger partial charge is 0.465 e. The first kappa shape index (κ1) is 23.3. The molecule has 2 aliphatic rings. The molecule has 0 atom stereocenters. The second-order valence-electron chi connectivity index (χ2n) is 8.68. The van der Waals surface area contributed by atoms with Crippen LogP contribution >= 0.6 is 11.6 Å². The molecule has 1 aliphatic heterocycles. The van der Waals surface area contributed by atoms with Gasteiger partial charge in [0.05, 0.1) is 30.2 Å². The van der Waals surface area contributed by atoms with Crippen molar-refractivity contribution in [2.75, 3.05) is 25.5 Å². The lowest BCUT2D eigenvalue weighted by Crippen LogP contribution is -2.45. The van der Waals surface area contributed by atoms with Gasteiger partial charge < -0.3 is 15.0 Å². The van der Waals surface area contributed by atoms with Crippen LogP contribution in [0.2, 0.25) is 5.02 Å². The average Bonchev–Trinajstić information content (AvgIpc) is 2.87. The van der Waals surface area contributed by atoms with Crippen LogP contribution in [0.4, 0.5) is 5.69 Å². The molecular formula is C24H29ClN4O4. The minimum Gasteiger partial charge on any atom is -0.465 e. The van der Waals surface area contributed by atoms with Crippen molar-refractivity contribution in [1.82, 2.24) is 14.7 Å². The number of rotatable bonds is 5. The highest BCUT2D eigenvalue weighted by Gasteiger charge is 2.29. The van der Waals surface area contributed by atoms with Crippen LogP contribution in [-0.4, -0.2) is 52.8 Å². The maximum Gasteiger partial charge on any atom is 0.340 e. The SMILES string of the molecule is COC(=O)c1ccccc1-n1ncc(NC2CCN(C(=O)C3CCCCC3)CC2)c(Cl)c1=O. The molecule has 0 radical (unpaired) electrons. The molecule has 2 heterocycles. The number of halogens is 1. The molecule has 1 aliphatic carbocycles. The van der Waals surface area contributed by atoms with E-state index in [1.165, 1.54) is 19.7 Å². The molecule has 0 unspecified atom stereocenters. The van der Waals surface area contributed by atoms with E-state index in [4.69, 9.17) is 16.3 Å². The normalized spacial score (nSPS) is 17.6. The van der Waals surface area contributed by atoms with Gasteiger partial charge >= 0.3 is 5.97 Å². The number of ether oxygens (including phenoxy) is 1. The fourth-order valence-electron chi connectivity index (χ4n) is 4.72. The van der Waals surface area contributed by atoms with Crippen LogP contribution in [0.1, 0.15) is 55.3 Å². The van der Waals surface area contributed by atoms with Gasteiger partial charge in [0.1, 0.15) is 5.02 Å². The second-order valence-corrected chi connectivity index (χ2v) is 9.05. The lowest BCUT2D eigenvalue weighted by molar-refractivity contribution is -0.137. The monoisotopic (exact) mass is 472 g/mol. The van der Waals surface area contributed by atoms with Crippen LogP contribution < -0.4 is 10.9 Å². The minimum absolute atomic E-state index is 0.00498. The van der Waals surface area contributed by atoms with Gasteiger partial charge in [-0.25, -0.2) is 4.79 Å². The van der Waals surface area contributed by atoms with E-state index < -0.39 is 11.5 Å². The molecule has 1 N–H and O–H groups in total. The van der Waals surface area contributed by atoms with Crippen LogP contribution in [0.25, 0.3) is 5.69 Å². The molecule has 0 bridgehead atoms. The van der Waals surface area contributed by atoms with Gasteiger partial charge in [0.15, 0.2) is 0 Å². The first-order valence-corrected chi connectivity index (χ1v) is 11.9. The highest BCUT2D eigenvalue weighted by molar-refractivity contribution is 6.33. The number of hydrogen-bond donors (Lipinski definition) is 1. The standard InChI is InChI=1S/C24H29ClN4O4/c1-33-24(32)18-9-5-6-10-20(18)29-23(31)21(25)19(15-26-29)27-17-11-13-28(14-12-17)22(30)16-7-3-2-4-8-16/h5-6,9-10,15-17,27H,2-4,7-8,11-14H2,1H3. The first-order valence-electron chi connectivity index (χ1n) is 11.5. The van der Waals surface area contributed by atoms with Crippen LogP contribution in [0, 0.1) is 5.92 Å². The lowest BCUT2D eigenvalue weighted by Gasteiger charge is -2.35. The molecule has 1 saturated carbocycles. The topological polar surface area (TPSA) is 93.5 Å². The number of nitrogens with one attached hydrogen (secondary N) is 1. The van der Waals surface area contributed by atoms with Crippen molar-refractivity contribution < 1.29 is 14.3 Å². The van der Waals surface area contributed by atoms with Gasteiger partial charge in [0, 0.05) is 25.0 Å². The Morgan fingerprint density at radius 1 is 1.09 bits per heavy atom. The number of para-hydroxylation sites is 1. The number of hydrogen-bond acceptors (Lipinski definition) is 6. The molecule has 1 saturated heterocycles. The number of carbonyl (C=O) groups excluding carboxylic acids is 2. The van der Waals surface area contributed by atoms with E-state index in [1.807, 2.05) is 4.90 Å². The molecule has 1 aromatic heterocycles. The summed E-state index contributed by atoms with van der Waals surface area (Å²) in [6, 6.07) is 6.67. The summed E-state index contributed by atoms with van der Waals surface area (Å²) in [5, 5.41) is 7.57. The van der Waals surface area contributed by atoms with E-state index in [0.717, 1.165) is 43.2 Å². The van der Waals surface area contributed by atoms with Gasteiger partial charge in [-0.05, 0) is 37.8 Å². The predicted octanol–water partition coefficient (Wildman–Crippen LogP) is 3.66. The minimum atomic E-state index is -0.563. The van der Waals surface area contributed by atoms with Gasteiger partial charge in [-0.15, -0.1) is 0 Å². The predicted molar refractivity (Wildman–Crippen MR) is 126 cm³/mol. The zero-order valence-corrected chi connectivity index (χ0v) is 19.5. The zero-order valence-electron chi connectivity index (χ0n) is 18.8. The van der Waals surface area contributed by atoms with Crippen molar-refractivity contribution in [2.45, 2.75) is 51.0 Å². The Morgan fingerprint density at radius 3 is 2.48 bits per heavy atom. The maximum absolute atomic E-state index is 12.9. The van der Waals surface area contributed by atoms with Gasteiger partial charge in [-0.2, -0.15) is 9.78 Å². The van der Waals surface area contributed by atoms with Crippen molar-refractivity contribution in [3.05, 3.63) is 51.4 Å². The Hall–Kier alpha value is -2.87. The van der Waals surface area contributed by atoms with Gasteiger partial charge in [0.2, 0.25) is 5.91 Å². The number of methoxy groups -OCH3 is 1. The Kier molecular flexibility index (Phi) is 7.33. The molecule has 8 nitrogen and oxygen atoms in total. The number of likely N-dealkylation sites (tertiary alicyclic amines) is 1. The van der Waals surface area contributed by atoms with E-state index in [2.05, 4.69) is 10.4 Å². The Labute approximate surface area is 197 Å². The van der Waals surface area contributed by atoms with E-state index in [9.17, 15) is 14.4 Å². The summed E-state index contributed by atoms with van der Waals surface area (Å²) in [7, 11) is 1.28. The second kappa shape index (κ2) is 10.4. The number of esters is 1. The summed E-state index contributed by atoms with van der Waals surface area (Å²) in [5.74, 6) is -0.0887. The summed E-state index contributed by atoms with van der Waals surface area (Å²) < 4.78 is 5.90. The molecule has 0 spiro atoms. The van der Waals surface area contributed by atoms with Crippen LogP contribution in [0.5, 0.6) is 0 Å². The van der Waals surface area contributed by atoms with Crippen molar-refractivity contribution >= 4 is 29.2 Å². The van der Waals surface area contributed by atoms with E-state index in [0.29, 0.717) is 30.4 Å². The highest BCUT2D eigenvalue weighted by atomic mass is 35.5. The van der Waals surface area contributed by atoms with Crippen LogP contribution in [0.15, 0.2) is 35.3 Å². The Bertz CT molecular complexity index is 1070. The maximum atomic E-state index is 12.9. The Morgan fingerprint density at radius 2 is 1.79 bits per heavy atom. The fourth-order valence-corrected chi connectivity index (χ4v) is 4.90. The van der Waals surface area contributed by atoms with E-state index >= 15 is 0 Å². The molecular weight excluding hydrogens is 444 g/mol. The molecule has 9 heteroatoms. The summed E-state index contributed by atoms with van der Waals surface area (Å²) >= 11 is 6.40. The number of aromatic nitrogens is 2. The van der Waals surface area contributed by atoms with Crippen molar-refractivity contribution in [1.29, 1.82) is 0 Å². The summed E-state index contributed by atoms with van der Waals surface area (Å²) in [4.78, 5) is 39.8. The molecule has 2 aromatic rings. The number of anilines is 1. The fraction of sp³-hybridized carbons (Fsp3) is 0.500. The third kappa shape index (κ3) is 5.05. The molecule has 33 heavy (non-hydrogen) atoms. The summed E-state index contributed by atoms with van der Waals surface area (Å²) in [5.41, 5.74) is 0.451. The molecule has 2 fully saturated rings.